The van der Waals surface area contributed by atoms with Gasteiger partial charge >= 0.3 is 0 Å². The number of para-hydroxylation sites is 1. The highest BCUT2D eigenvalue weighted by Gasteiger charge is 2.20. The third-order valence-corrected chi connectivity index (χ3v) is 8.51. The smallest absolute Gasteiger partial charge is 0.143 e. The van der Waals surface area contributed by atoms with Crippen LogP contribution in [0.5, 0.6) is 0 Å². The first-order valence-corrected chi connectivity index (χ1v) is 14.4. The highest BCUT2D eigenvalue weighted by Crippen LogP contribution is 2.47. The molecule has 8 aromatic carbocycles. The Kier molecular flexibility index (Phi) is 4.27. The average Bonchev–Trinajstić information content (AvgIpc) is 3.49. The van der Waals surface area contributed by atoms with Crippen molar-refractivity contribution in [1.82, 2.24) is 0 Å². The maximum absolute atomic E-state index is 8.60. The largest absolute Gasteiger partial charge is 0.455 e. The SMILES string of the molecule is [2H]c1c([2H])c([2H])c(-c2cccc(-c3c4ccccc4c(-c4cccc5c4oc4cc6ccccc6cc45)c4ccccc34)c2)c([2H])c1[2H]. The summed E-state index contributed by atoms with van der Waals surface area (Å²) in [4.78, 5) is 0. The molecule has 1 heterocycles. The van der Waals surface area contributed by atoms with Gasteiger partial charge in [-0.1, -0.05) is 139 Å². The molecule has 0 N–H and O–H groups in total. The maximum atomic E-state index is 8.60. The van der Waals surface area contributed by atoms with E-state index >= 15 is 0 Å². The van der Waals surface area contributed by atoms with E-state index in [0.29, 0.717) is 5.56 Å². The summed E-state index contributed by atoms with van der Waals surface area (Å²) in [6, 6.07) is 41.9. The van der Waals surface area contributed by atoms with Crippen molar-refractivity contribution in [2.24, 2.45) is 0 Å². The highest BCUT2D eigenvalue weighted by atomic mass is 16.3. The summed E-state index contributed by atoms with van der Waals surface area (Å²) in [6.45, 7) is 0. The lowest BCUT2D eigenvalue weighted by Crippen LogP contribution is -1.91. The van der Waals surface area contributed by atoms with E-state index in [2.05, 4.69) is 84.9 Å². The molecule has 9 rings (SSSR count). The number of benzene rings is 8. The van der Waals surface area contributed by atoms with Crippen LogP contribution in [0.4, 0.5) is 0 Å². The molecule has 0 fully saturated rings. The van der Waals surface area contributed by atoms with Crippen LogP contribution in [0, 0.1) is 0 Å². The zero-order valence-electron chi connectivity index (χ0n) is 28.0. The zero-order valence-corrected chi connectivity index (χ0v) is 23.0. The second-order valence-corrected chi connectivity index (χ2v) is 10.9. The van der Waals surface area contributed by atoms with Crippen LogP contribution in [0.1, 0.15) is 6.85 Å². The van der Waals surface area contributed by atoms with Gasteiger partial charge in [0.1, 0.15) is 11.2 Å². The van der Waals surface area contributed by atoms with E-state index in [9.17, 15) is 0 Å². The predicted octanol–water partition coefficient (Wildman–Crippen LogP) is 12.0. The van der Waals surface area contributed by atoms with Gasteiger partial charge in [-0.3, -0.25) is 0 Å². The number of furan rings is 1. The second-order valence-electron chi connectivity index (χ2n) is 10.9. The molecule has 1 heteroatoms. The molecular formula is C42H26O. The summed E-state index contributed by atoms with van der Waals surface area (Å²) < 4.78 is 48.4. The first-order valence-electron chi connectivity index (χ1n) is 16.9. The molecular weight excluding hydrogens is 520 g/mol. The fraction of sp³-hybridized carbons (Fsp3) is 0. The summed E-state index contributed by atoms with van der Waals surface area (Å²) in [7, 11) is 0. The van der Waals surface area contributed by atoms with Crippen LogP contribution in [0.25, 0.3) is 87.6 Å². The quantitative estimate of drug-likeness (QED) is 0.199. The Balaban J connectivity index is 1.34. The third kappa shape index (κ3) is 3.72. The Bertz CT molecular complexity index is 2710. The second kappa shape index (κ2) is 9.44. The fourth-order valence-corrected chi connectivity index (χ4v) is 6.63. The van der Waals surface area contributed by atoms with Crippen molar-refractivity contribution in [3.8, 4) is 33.4 Å². The van der Waals surface area contributed by atoms with Gasteiger partial charge in [0, 0.05) is 21.9 Å². The van der Waals surface area contributed by atoms with Gasteiger partial charge in [-0.05, 0) is 72.8 Å². The Morgan fingerprint density at radius 1 is 0.419 bits per heavy atom. The Hall–Kier alpha value is -5.66. The highest BCUT2D eigenvalue weighted by molar-refractivity contribution is 6.24. The van der Waals surface area contributed by atoms with E-state index < -0.39 is 6.04 Å². The van der Waals surface area contributed by atoms with Crippen LogP contribution in [0.3, 0.4) is 0 Å². The molecule has 0 aliphatic heterocycles. The van der Waals surface area contributed by atoms with Crippen molar-refractivity contribution in [3.05, 3.63) is 158 Å². The van der Waals surface area contributed by atoms with Crippen LogP contribution < -0.4 is 0 Å². The van der Waals surface area contributed by atoms with Gasteiger partial charge in [0.2, 0.25) is 0 Å². The van der Waals surface area contributed by atoms with Crippen LogP contribution in [0.2, 0.25) is 0 Å². The average molecular weight is 552 g/mol. The molecule has 0 spiro atoms. The Morgan fingerprint density at radius 3 is 1.72 bits per heavy atom. The number of hydrogen-bond acceptors (Lipinski definition) is 1. The minimum Gasteiger partial charge on any atom is -0.455 e. The van der Waals surface area contributed by atoms with Gasteiger partial charge in [-0.25, -0.2) is 0 Å². The lowest BCUT2D eigenvalue weighted by molar-refractivity contribution is 0.670. The van der Waals surface area contributed by atoms with Gasteiger partial charge in [0.25, 0.3) is 0 Å². The van der Waals surface area contributed by atoms with Crippen LogP contribution in [-0.2, 0) is 0 Å². The summed E-state index contributed by atoms with van der Waals surface area (Å²) in [6.07, 6.45) is 0. The predicted molar refractivity (Wildman–Crippen MR) is 183 cm³/mol. The number of fused-ring (bicyclic) bond motifs is 6. The first kappa shape index (κ1) is 19.5. The van der Waals surface area contributed by atoms with E-state index in [0.717, 1.165) is 71.1 Å². The van der Waals surface area contributed by atoms with Gasteiger partial charge in [-0.15, -0.1) is 0 Å². The van der Waals surface area contributed by atoms with Crippen LogP contribution in [0.15, 0.2) is 162 Å². The summed E-state index contributed by atoms with van der Waals surface area (Å²) >= 11 is 0. The molecule has 0 amide bonds. The number of rotatable bonds is 3. The fourth-order valence-electron chi connectivity index (χ4n) is 6.63. The van der Waals surface area contributed by atoms with Crippen molar-refractivity contribution >= 4 is 54.3 Å². The molecule has 0 saturated heterocycles. The Morgan fingerprint density at radius 2 is 1.00 bits per heavy atom. The molecule has 0 aliphatic rings. The monoisotopic (exact) mass is 551 g/mol. The molecule has 200 valence electrons. The van der Waals surface area contributed by atoms with Gasteiger partial charge < -0.3 is 4.42 Å². The van der Waals surface area contributed by atoms with Crippen molar-refractivity contribution in [1.29, 1.82) is 0 Å². The molecule has 0 aliphatic carbocycles. The number of hydrogen-bond donors (Lipinski definition) is 0. The molecule has 0 bridgehead atoms. The van der Waals surface area contributed by atoms with E-state index in [4.69, 9.17) is 11.3 Å². The lowest BCUT2D eigenvalue weighted by atomic mass is 9.85. The topological polar surface area (TPSA) is 13.1 Å². The van der Waals surface area contributed by atoms with Crippen LogP contribution >= 0.6 is 0 Å². The molecule has 9 aromatic rings. The summed E-state index contributed by atoms with van der Waals surface area (Å²) in [5, 5.41) is 8.68. The van der Waals surface area contributed by atoms with E-state index in [-0.39, 0.29) is 29.7 Å². The third-order valence-electron chi connectivity index (χ3n) is 8.51. The lowest BCUT2D eigenvalue weighted by Gasteiger charge is -2.18. The van der Waals surface area contributed by atoms with E-state index in [1.807, 2.05) is 42.5 Å². The van der Waals surface area contributed by atoms with Gasteiger partial charge in [0.15, 0.2) is 0 Å². The van der Waals surface area contributed by atoms with Gasteiger partial charge in [0.05, 0.1) is 6.85 Å². The molecule has 0 unspecified atom stereocenters. The van der Waals surface area contributed by atoms with Crippen molar-refractivity contribution in [2.45, 2.75) is 0 Å². The van der Waals surface area contributed by atoms with Crippen molar-refractivity contribution in [3.63, 3.8) is 0 Å². The normalized spacial score (nSPS) is 13.3. The zero-order chi connectivity index (χ0) is 32.7. The van der Waals surface area contributed by atoms with Crippen molar-refractivity contribution in [2.75, 3.05) is 0 Å². The molecule has 1 nitrogen and oxygen atoms in total. The standard InChI is InChI=1S/C42H26O/c1-2-12-27(13-3-1)28-16-10-17-31(24-28)40-32-18-6-8-20-34(32)41(35-21-9-7-19-33(35)40)37-23-11-22-36-38-25-29-14-4-5-15-30(29)26-39(38)43-42(36)37/h1-26H/i1D,2D,3D,12D,13D. The molecule has 0 atom stereocenters. The van der Waals surface area contributed by atoms with E-state index in [1.54, 1.807) is 0 Å². The molecule has 43 heavy (non-hydrogen) atoms. The minimum atomic E-state index is -0.398. The molecule has 0 radical (unpaired) electrons. The van der Waals surface area contributed by atoms with E-state index in [1.165, 1.54) is 5.39 Å². The van der Waals surface area contributed by atoms with Gasteiger partial charge in [-0.2, -0.15) is 0 Å². The van der Waals surface area contributed by atoms with Crippen LogP contribution in [-0.4, -0.2) is 0 Å². The molecule has 0 saturated carbocycles. The van der Waals surface area contributed by atoms with Crippen molar-refractivity contribution < 1.29 is 11.3 Å². The summed E-state index contributed by atoms with van der Waals surface area (Å²) in [5.41, 5.74) is 6.47. The summed E-state index contributed by atoms with van der Waals surface area (Å²) in [5.74, 6) is 0. The first-order chi connectivity index (χ1) is 23.4. The maximum Gasteiger partial charge on any atom is 0.143 e. The molecule has 1 aromatic heterocycles. The Labute approximate surface area is 256 Å². The minimum absolute atomic E-state index is 0.192.